The molecule has 0 aliphatic rings. The van der Waals surface area contributed by atoms with Crippen LogP contribution in [0, 0.1) is 0 Å². The summed E-state index contributed by atoms with van der Waals surface area (Å²) in [5, 5.41) is 11.0. The molecule has 14 heavy (non-hydrogen) atoms. The van der Waals surface area contributed by atoms with Crippen LogP contribution in [0.25, 0.3) is 0 Å². The van der Waals surface area contributed by atoms with Crippen molar-refractivity contribution in [1.82, 2.24) is 15.5 Å². The lowest BCUT2D eigenvalue weighted by atomic mass is 10.3. The lowest BCUT2D eigenvalue weighted by Gasteiger charge is -2.10. The molecule has 1 aromatic rings. The van der Waals surface area contributed by atoms with Gasteiger partial charge in [0.1, 0.15) is 0 Å². The molecule has 0 spiro atoms. The van der Waals surface area contributed by atoms with Gasteiger partial charge in [0.25, 0.3) is 0 Å². The molecule has 4 nitrogen and oxygen atoms in total. The SMILES string of the molecule is CCC(C)Oc1ccc(CNC)nn1. The van der Waals surface area contributed by atoms with Crippen LogP contribution in [0.5, 0.6) is 5.88 Å². The Hall–Kier alpha value is -1.16. The van der Waals surface area contributed by atoms with Gasteiger partial charge in [-0.25, -0.2) is 0 Å². The highest BCUT2D eigenvalue weighted by atomic mass is 16.5. The molecule has 0 aromatic carbocycles. The van der Waals surface area contributed by atoms with Gasteiger partial charge >= 0.3 is 0 Å². The molecular formula is C10H17N3O. The highest BCUT2D eigenvalue weighted by Gasteiger charge is 2.02. The molecular weight excluding hydrogens is 178 g/mol. The Bertz CT molecular complexity index is 261. The van der Waals surface area contributed by atoms with E-state index in [0.717, 1.165) is 18.7 Å². The van der Waals surface area contributed by atoms with Crippen LogP contribution < -0.4 is 10.1 Å². The van der Waals surface area contributed by atoms with Crippen LogP contribution >= 0.6 is 0 Å². The summed E-state index contributed by atoms with van der Waals surface area (Å²) >= 11 is 0. The van der Waals surface area contributed by atoms with E-state index in [1.807, 2.05) is 26.1 Å². The molecule has 0 bridgehead atoms. The highest BCUT2D eigenvalue weighted by molar-refractivity contribution is 5.11. The molecule has 1 N–H and O–H groups in total. The van der Waals surface area contributed by atoms with Gasteiger partial charge in [0.05, 0.1) is 11.8 Å². The number of aromatic nitrogens is 2. The van der Waals surface area contributed by atoms with E-state index in [4.69, 9.17) is 4.74 Å². The van der Waals surface area contributed by atoms with E-state index in [1.165, 1.54) is 0 Å². The summed E-state index contributed by atoms with van der Waals surface area (Å²) in [5.41, 5.74) is 0.920. The largest absolute Gasteiger partial charge is 0.474 e. The fourth-order valence-electron chi connectivity index (χ4n) is 0.975. The van der Waals surface area contributed by atoms with E-state index in [0.29, 0.717) is 5.88 Å². The second-order valence-electron chi connectivity index (χ2n) is 3.23. The van der Waals surface area contributed by atoms with Crippen LogP contribution in [0.15, 0.2) is 12.1 Å². The van der Waals surface area contributed by atoms with Crippen molar-refractivity contribution >= 4 is 0 Å². The minimum atomic E-state index is 0.194. The van der Waals surface area contributed by atoms with Gasteiger partial charge in [0.2, 0.25) is 5.88 Å². The second-order valence-corrected chi connectivity index (χ2v) is 3.23. The third-order valence-electron chi connectivity index (χ3n) is 1.95. The predicted octanol–water partition coefficient (Wildman–Crippen LogP) is 1.37. The number of hydrogen-bond acceptors (Lipinski definition) is 4. The van der Waals surface area contributed by atoms with Gasteiger partial charge in [-0.3, -0.25) is 0 Å². The van der Waals surface area contributed by atoms with Crippen molar-refractivity contribution in [3.63, 3.8) is 0 Å². The van der Waals surface area contributed by atoms with Crippen LogP contribution in [0.2, 0.25) is 0 Å². The molecule has 1 unspecified atom stereocenters. The maximum atomic E-state index is 5.50. The third kappa shape index (κ3) is 3.30. The normalized spacial score (nSPS) is 12.5. The molecule has 0 amide bonds. The number of nitrogens with one attached hydrogen (secondary N) is 1. The Morgan fingerprint density at radius 1 is 1.43 bits per heavy atom. The van der Waals surface area contributed by atoms with Crippen molar-refractivity contribution in [2.45, 2.75) is 32.9 Å². The van der Waals surface area contributed by atoms with E-state index in [2.05, 4.69) is 22.4 Å². The van der Waals surface area contributed by atoms with Gasteiger partial charge in [0.15, 0.2) is 0 Å². The summed E-state index contributed by atoms with van der Waals surface area (Å²) in [6.07, 6.45) is 1.17. The van der Waals surface area contributed by atoms with Gasteiger partial charge in [0, 0.05) is 12.6 Å². The van der Waals surface area contributed by atoms with Gasteiger partial charge in [-0.05, 0) is 26.5 Å². The predicted molar refractivity (Wildman–Crippen MR) is 55.2 cm³/mol. The zero-order valence-corrected chi connectivity index (χ0v) is 8.95. The Labute approximate surface area is 84.7 Å². The summed E-state index contributed by atoms with van der Waals surface area (Å²) in [6, 6.07) is 3.77. The minimum absolute atomic E-state index is 0.194. The molecule has 4 heteroatoms. The van der Waals surface area contributed by atoms with Crippen LogP contribution in [0.1, 0.15) is 26.0 Å². The van der Waals surface area contributed by atoms with Gasteiger partial charge in [-0.1, -0.05) is 6.92 Å². The van der Waals surface area contributed by atoms with Crippen LogP contribution in [0.3, 0.4) is 0 Å². The lowest BCUT2D eigenvalue weighted by molar-refractivity contribution is 0.206. The van der Waals surface area contributed by atoms with E-state index in [9.17, 15) is 0 Å². The zero-order valence-electron chi connectivity index (χ0n) is 8.95. The van der Waals surface area contributed by atoms with E-state index in [-0.39, 0.29) is 6.10 Å². The van der Waals surface area contributed by atoms with Crippen molar-refractivity contribution in [3.05, 3.63) is 17.8 Å². The summed E-state index contributed by atoms with van der Waals surface area (Å²) in [7, 11) is 1.88. The number of rotatable bonds is 5. The van der Waals surface area contributed by atoms with E-state index in [1.54, 1.807) is 0 Å². The standard InChI is InChI=1S/C10H17N3O/c1-4-8(2)14-10-6-5-9(7-11-3)12-13-10/h5-6,8,11H,4,7H2,1-3H3. The smallest absolute Gasteiger partial charge is 0.233 e. The van der Waals surface area contributed by atoms with E-state index >= 15 is 0 Å². The van der Waals surface area contributed by atoms with Crippen LogP contribution in [-0.2, 0) is 6.54 Å². The van der Waals surface area contributed by atoms with Crippen molar-refractivity contribution in [2.24, 2.45) is 0 Å². The Kier molecular flexibility index (Phi) is 4.32. The summed E-state index contributed by atoms with van der Waals surface area (Å²) < 4.78 is 5.50. The number of nitrogens with zero attached hydrogens (tertiary/aromatic N) is 2. The van der Waals surface area contributed by atoms with Crippen LogP contribution in [-0.4, -0.2) is 23.3 Å². The summed E-state index contributed by atoms with van der Waals surface area (Å²) in [6.45, 7) is 4.83. The molecule has 0 saturated heterocycles. The zero-order chi connectivity index (χ0) is 10.4. The molecule has 78 valence electrons. The van der Waals surface area contributed by atoms with Crippen molar-refractivity contribution in [3.8, 4) is 5.88 Å². The average Bonchev–Trinajstić information content (AvgIpc) is 2.21. The monoisotopic (exact) mass is 195 g/mol. The first-order valence-corrected chi connectivity index (χ1v) is 4.90. The first-order valence-electron chi connectivity index (χ1n) is 4.90. The van der Waals surface area contributed by atoms with Crippen LogP contribution in [0.4, 0.5) is 0 Å². The van der Waals surface area contributed by atoms with Gasteiger partial charge < -0.3 is 10.1 Å². The molecule has 0 radical (unpaired) electrons. The molecule has 0 aliphatic carbocycles. The molecule has 1 rings (SSSR count). The van der Waals surface area contributed by atoms with Gasteiger partial charge in [-0.15, -0.1) is 5.10 Å². The quantitative estimate of drug-likeness (QED) is 0.771. The Morgan fingerprint density at radius 3 is 2.71 bits per heavy atom. The molecule has 0 aliphatic heterocycles. The summed E-state index contributed by atoms with van der Waals surface area (Å²) in [5.74, 6) is 0.596. The fourth-order valence-corrected chi connectivity index (χ4v) is 0.975. The van der Waals surface area contributed by atoms with Crippen molar-refractivity contribution in [2.75, 3.05) is 7.05 Å². The van der Waals surface area contributed by atoms with Crippen molar-refractivity contribution < 1.29 is 4.74 Å². The fraction of sp³-hybridized carbons (Fsp3) is 0.600. The van der Waals surface area contributed by atoms with Crippen molar-refractivity contribution in [1.29, 1.82) is 0 Å². The second kappa shape index (κ2) is 5.54. The van der Waals surface area contributed by atoms with Gasteiger partial charge in [-0.2, -0.15) is 5.10 Å². The molecule has 0 saturated carbocycles. The number of ether oxygens (including phenoxy) is 1. The Morgan fingerprint density at radius 2 is 2.21 bits per heavy atom. The average molecular weight is 195 g/mol. The molecule has 1 heterocycles. The number of hydrogen-bond donors (Lipinski definition) is 1. The molecule has 1 atom stereocenters. The third-order valence-corrected chi connectivity index (χ3v) is 1.95. The Balaban J connectivity index is 2.54. The first kappa shape index (κ1) is 10.9. The first-order chi connectivity index (χ1) is 6.76. The van der Waals surface area contributed by atoms with E-state index < -0.39 is 0 Å². The highest BCUT2D eigenvalue weighted by Crippen LogP contribution is 2.08. The lowest BCUT2D eigenvalue weighted by Crippen LogP contribution is -2.12. The topological polar surface area (TPSA) is 47.0 Å². The minimum Gasteiger partial charge on any atom is -0.474 e. The maximum absolute atomic E-state index is 5.50. The maximum Gasteiger partial charge on any atom is 0.233 e. The molecule has 0 fully saturated rings. The summed E-state index contributed by atoms with van der Waals surface area (Å²) in [4.78, 5) is 0. The molecule has 1 aromatic heterocycles.